The van der Waals surface area contributed by atoms with Crippen molar-refractivity contribution in [1.29, 1.82) is 0 Å². The third kappa shape index (κ3) is 8.19. The van der Waals surface area contributed by atoms with Gasteiger partial charge in [-0.2, -0.15) is 18.3 Å². The Morgan fingerprint density at radius 2 is 1.90 bits per heavy atom. The van der Waals surface area contributed by atoms with Crippen LogP contribution in [0, 0.1) is 5.41 Å². The number of benzene rings is 1. The molecule has 2 saturated heterocycles. The zero-order valence-corrected chi connectivity index (χ0v) is 23.6. The molecule has 224 valence electrons. The van der Waals surface area contributed by atoms with Crippen molar-refractivity contribution in [2.45, 2.75) is 103 Å². The van der Waals surface area contributed by atoms with Gasteiger partial charge in [-0.25, -0.2) is 4.68 Å². The van der Waals surface area contributed by atoms with Crippen LogP contribution in [0.1, 0.15) is 83.4 Å². The Balaban J connectivity index is 1.51. The van der Waals surface area contributed by atoms with Crippen molar-refractivity contribution in [2.75, 3.05) is 5.73 Å². The predicted molar refractivity (Wildman–Crippen MR) is 147 cm³/mol. The van der Waals surface area contributed by atoms with Crippen LogP contribution in [0.15, 0.2) is 36.0 Å². The van der Waals surface area contributed by atoms with Gasteiger partial charge in [-0.1, -0.05) is 26.7 Å². The van der Waals surface area contributed by atoms with E-state index in [0.29, 0.717) is 30.5 Å². The van der Waals surface area contributed by atoms with Crippen molar-refractivity contribution >= 4 is 23.5 Å². The molecule has 2 aromatic rings. The van der Waals surface area contributed by atoms with E-state index in [1.54, 1.807) is 32.2 Å². The number of epoxide rings is 1. The van der Waals surface area contributed by atoms with Crippen LogP contribution in [-0.4, -0.2) is 51.1 Å². The summed E-state index contributed by atoms with van der Waals surface area (Å²) in [6, 6.07) is 5.26. The van der Waals surface area contributed by atoms with E-state index in [9.17, 15) is 27.9 Å². The lowest BCUT2D eigenvalue weighted by molar-refractivity contribution is -0.148. The first-order valence-electron chi connectivity index (χ1n) is 14.0. The number of carbonyl (C=O) groups is 2. The quantitative estimate of drug-likeness (QED) is 0.275. The van der Waals surface area contributed by atoms with Gasteiger partial charge in [-0.3, -0.25) is 9.59 Å². The Labute approximate surface area is 237 Å². The van der Waals surface area contributed by atoms with Crippen LogP contribution in [0.5, 0.6) is 0 Å². The van der Waals surface area contributed by atoms with Crippen LogP contribution >= 0.6 is 0 Å². The number of hydrogen-bond donors (Lipinski definition) is 2. The highest BCUT2D eigenvalue weighted by atomic mass is 19.4. The molecule has 4 unspecified atom stereocenters. The number of nitrogen functional groups attached to an aromatic ring is 1. The van der Waals surface area contributed by atoms with Gasteiger partial charge < -0.3 is 20.3 Å². The Morgan fingerprint density at radius 3 is 2.63 bits per heavy atom. The average molecular weight is 578 g/mol. The van der Waals surface area contributed by atoms with E-state index in [1.165, 1.54) is 16.8 Å². The zero-order chi connectivity index (χ0) is 29.9. The minimum Gasteiger partial charge on any atom is -0.458 e. The van der Waals surface area contributed by atoms with Gasteiger partial charge >= 0.3 is 12.1 Å². The van der Waals surface area contributed by atoms with Crippen LogP contribution < -0.4 is 5.73 Å². The summed E-state index contributed by atoms with van der Waals surface area (Å²) in [6.45, 7) is 5.37. The minimum atomic E-state index is -4.59. The van der Waals surface area contributed by atoms with Gasteiger partial charge in [0.15, 0.2) is 0 Å². The second-order valence-corrected chi connectivity index (χ2v) is 11.7. The van der Waals surface area contributed by atoms with Gasteiger partial charge in [0.2, 0.25) is 0 Å². The molecule has 0 bridgehead atoms. The van der Waals surface area contributed by atoms with Crippen LogP contribution in [0.3, 0.4) is 0 Å². The molecule has 2 aliphatic heterocycles. The van der Waals surface area contributed by atoms with Gasteiger partial charge in [-0.05, 0) is 62.1 Å². The number of rotatable bonds is 3. The van der Waals surface area contributed by atoms with Gasteiger partial charge in [0.05, 0.1) is 35.3 Å². The summed E-state index contributed by atoms with van der Waals surface area (Å²) in [5.41, 5.74) is 4.85. The van der Waals surface area contributed by atoms with Crippen molar-refractivity contribution in [3.05, 3.63) is 47.3 Å². The molecule has 41 heavy (non-hydrogen) atoms. The molecule has 3 N–H and O–H groups in total. The van der Waals surface area contributed by atoms with E-state index in [-0.39, 0.29) is 42.2 Å². The van der Waals surface area contributed by atoms with E-state index >= 15 is 0 Å². The fourth-order valence-corrected chi connectivity index (χ4v) is 5.09. The number of Topliss-reactive ketones (excluding diaryl/α,β-unsaturated/α-hetero) is 1. The molecule has 8 nitrogen and oxygen atoms in total. The van der Waals surface area contributed by atoms with E-state index in [4.69, 9.17) is 15.2 Å². The second kappa shape index (κ2) is 12.4. The number of hydrogen-bond acceptors (Lipinski definition) is 7. The molecule has 3 heterocycles. The Kier molecular flexibility index (Phi) is 9.28. The Hall–Kier alpha value is -3.18. The van der Waals surface area contributed by atoms with Crippen LogP contribution in [-0.2, 0) is 25.2 Å². The minimum absolute atomic E-state index is 0.0425. The van der Waals surface area contributed by atoms with Gasteiger partial charge in [0.1, 0.15) is 11.9 Å². The second-order valence-electron chi connectivity index (χ2n) is 11.7. The predicted octanol–water partition coefficient (Wildman–Crippen LogP) is 5.65. The van der Waals surface area contributed by atoms with E-state index in [0.717, 1.165) is 25.3 Å². The van der Waals surface area contributed by atoms with Crippen molar-refractivity contribution in [2.24, 2.45) is 5.41 Å². The number of alkyl halides is 3. The molecule has 0 saturated carbocycles. The summed E-state index contributed by atoms with van der Waals surface area (Å²) < 4.78 is 53.0. The van der Waals surface area contributed by atoms with Crippen molar-refractivity contribution in [1.82, 2.24) is 9.78 Å². The van der Waals surface area contributed by atoms with E-state index in [1.807, 2.05) is 6.92 Å². The van der Waals surface area contributed by atoms with Crippen molar-refractivity contribution in [3.8, 4) is 5.69 Å². The third-order valence-electron chi connectivity index (χ3n) is 7.91. The molecule has 0 spiro atoms. The van der Waals surface area contributed by atoms with E-state index < -0.39 is 35.3 Å². The first-order chi connectivity index (χ1) is 19.2. The fraction of sp³-hybridized carbons (Fsp3) is 0.567. The maximum atomic E-state index is 13.3. The summed E-state index contributed by atoms with van der Waals surface area (Å²) >= 11 is 0. The van der Waals surface area contributed by atoms with E-state index in [2.05, 4.69) is 5.10 Å². The van der Waals surface area contributed by atoms with Crippen molar-refractivity contribution in [3.63, 3.8) is 0 Å². The maximum Gasteiger partial charge on any atom is 0.418 e. The smallest absolute Gasteiger partial charge is 0.418 e. The normalized spacial score (nSPS) is 26.8. The molecule has 0 radical (unpaired) electrons. The third-order valence-corrected chi connectivity index (χ3v) is 7.91. The molecule has 0 aliphatic carbocycles. The lowest BCUT2D eigenvalue weighted by atomic mass is 9.80. The number of fused-ring (bicyclic) bond motifs is 1. The number of esters is 1. The average Bonchev–Trinajstić information content (AvgIpc) is 3.46. The van der Waals surface area contributed by atoms with Gasteiger partial charge in [0, 0.05) is 36.6 Å². The molecule has 0 amide bonds. The number of aliphatic hydroxyl groups is 1. The number of nitrogens with zero attached hydrogens (tertiary/aromatic N) is 2. The van der Waals surface area contributed by atoms with Gasteiger partial charge in [-0.15, -0.1) is 0 Å². The first kappa shape index (κ1) is 30.8. The number of carbonyl (C=O) groups excluding carboxylic acids is 2. The number of ether oxygens (including phenoxy) is 2. The molecular formula is C30H38F3N3O5. The van der Waals surface area contributed by atoms with Crippen molar-refractivity contribution < 1.29 is 37.3 Å². The first-order valence-corrected chi connectivity index (χ1v) is 14.0. The van der Waals surface area contributed by atoms with Crippen LogP contribution in [0.2, 0.25) is 0 Å². The molecule has 1 aromatic heterocycles. The molecule has 2 aliphatic rings. The number of aromatic nitrogens is 2. The largest absolute Gasteiger partial charge is 0.458 e. The lowest BCUT2D eigenvalue weighted by Gasteiger charge is -2.25. The maximum absolute atomic E-state index is 13.3. The molecule has 1 aromatic carbocycles. The topological polar surface area (TPSA) is 120 Å². The van der Waals surface area contributed by atoms with Crippen LogP contribution in [0.4, 0.5) is 18.9 Å². The fourth-order valence-electron chi connectivity index (χ4n) is 5.09. The number of nitrogens with two attached hydrogens (primary N) is 1. The summed E-state index contributed by atoms with van der Waals surface area (Å²) in [7, 11) is 0. The number of aliphatic hydroxyl groups excluding tert-OH is 1. The van der Waals surface area contributed by atoms with Crippen LogP contribution in [0.25, 0.3) is 11.8 Å². The Morgan fingerprint density at radius 1 is 1.17 bits per heavy atom. The monoisotopic (exact) mass is 577 g/mol. The molecule has 4 rings (SSSR count). The zero-order valence-electron chi connectivity index (χ0n) is 23.6. The summed E-state index contributed by atoms with van der Waals surface area (Å²) in [5.74, 6) is -0.525. The summed E-state index contributed by atoms with van der Waals surface area (Å²) in [4.78, 5) is 25.6. The standard InChI is InChI=1S/C30H38F3N3O5/c1-18(14-19-11-13-36(35-19)20-8-9-23(34)22(15-20)30(31,32)33)25-17-26-24(40-26)7-5-4-6-21(37)16-27(38)29(2,3)12-10-28(39)41-25/h8-9,11,13-15,21,24-26,37H,4-7,10,12,16-17,34H2,1-3H3/b18-14+. The highest BCUT2D eigenvalue weighted by Gasteiger charge is 2.41. The highest BCUT2D eigenvalue weighted by Crippen LogP contribution is 2.36. The van der Waals surface area contributed by atoms with Gasteiger partial charge in [0.25, 0.3) is 0 Å². The highest BCUT2D eigenvalue weighted by molar-refractivity contribution is 5.85. The molecule has 2 fully saturated rings. The number of anilines is 1. The SMILES string of the molecule is C/C(=C\c1ccn(-c2ccc(N)c(C(F)(F)F)c2)n1)C1CC2OC2CCCCC(O)CC(=O)C(C)(C)CCC(=O)O1. The molecule has 11 heteroatoms. The Bertz CT molecular complexity index is 1290. The lowest BCUT2D eigenvalue weighted by Crippen LogP contribution is -2.30. The number of cyclic esters (lactones) is 1. The molecule has 4 atom stereocenters. The number of ketones is 1. The number of halogens is 3. The molecular weight excluding hydrogens is 539 g/mol. The summed E-state index contributed by atoms with van der Waals surface area (Å²) in [6.07, 6.45) is 1.25. The summed E-state index contributed by atoms with van der Waals surface area (Å²) in [5, 5.41) is 14.7.